The molecule has 2 atom stereocenters. The molecule has 3 N–H and O–H groups in total. The number of carboxylic acids is 1. The van der Waals surface area contributed by atoms with Gasteiger partial charge in [-0.15, -0.1) is 0 Å². The zero-order chi connectivity index (χ0) is 24.2. The standard InChI is InChI=1S/C26H31N3O5/c30-24(31)14-13-22(12-11-20-7-3-1-4-8-20)27-25(32)23(19-21-9-5-2-6-10-21)28-26(33)29-15-17-34-18-16-29/h1-10,13-14,22-23H,11-12,15-19H2,(H,27,32)(H,28,33)(H,30,31)/b14-13+/t22-,23-/m0/s1. The van der Waals surface area contributed by atoms with Crippen LogP contribution in [0, 0.1) is 0 Å². The average Bonchev–Trinajstić information content (AvgIpc) is 2.86. The summed E-state index contributed by atoms with van der Waals surface area (Å²) in [5.74, 6) is -1.45. The number of hydrogen-bond donors (Lipinski definition) is 3. The van der Waals surface area contributed by atoms with Crippen molar-refractivity contribution in [2.24, 2.45) is 0 Å². The van der Waals surface area contributed by atoms with Crippen molar-refractivity contribution in [2.75, 3.05) is 26.3 Å². The van der Waals surface area contributed by atoms with Crippen molar-refractivity contribution >= 4 is 17.9 Å². The SMILES string of the molecule is O=C(O)/C=C/[C@H](CCc1ccccc1)NC(=O)[C@H](Cc1ccccc1)NC(=O)N1CCOCC1. The molecule has 0 unspecified atom stereocenters. The molecule has 8 heteroatoms. The van der Waals surface area contributed by atoms with Crippen molar-refractivity contribution in [3.05, 3.63) is 83.9 Å². The van der Waals surface area contributed by atoms with E-state index in [1.807, 2.05) is 60.7 Å². The molecule has 2 aromatic rings. The van der Waals surface area contributed by atoms with Gasteiger partial charge >= 0.3 is 12.0 Å². The van der Waals surface area contributed by atoms with Gasteiger partial charge in [0, 0.05) is 31.6 Å². The number of carboxylic acid groups (broad SMARTS) is 1. The predicted molar refractivity (Wildman–Crippen MR) is 128 cm³/mol. The number of nitrogens with one attached hydrogen (secondary N) is 2. The quantitative estimate of drug-likeness (QED) is 0.467. The van der Waals surface area contributed by atoms with Crippen molar-refractivity contribution in [1.82, 2.24) is 15.5 Å². The molecule has 3 rings (SSSR count). The van der Waals surface area contributed by atoms with Crippen LogP contribution in [0.15, 0.2) is 72.8 Å². The van der Waals surface area contributed by atoms with Crippen LogP contribution in [-0.2, 0) is 27.2 Å². The van der Waals surface area contributed by atoms with E-state index >= 15 is 0 Å². The van der Waals surface area contributed by atoms with E-state index in [4.69, 9.17) is 9.84 Å². The molecule has 1 fully saturated rings. The first-order valence-corrected chi connectivity index (χ1v) is 11.4. The van der Waals surface area contributed by atoms with Crippen LogP contribution in [0.1, 0.15) is 17.5 Å². The fourth-order valence-electron chi connectivity index (χ4n) is 3.73. The summed E-state index contributed by atoms with van der Waals surface area (Å²) >= 11 is 0. The van der Waals surface area contributed by atoms with Crippen LogP contribution in [0.2, 0.25) is 0 Å². The monoisotopic (exact) mass is 465 g/mol. The fraction of sp³-hybridized carbons (Fsp3) is 0.346. The van der Waals surface area contributed by atoms with Crippen LogP contribution < -0.4 is 10.6 Å². The number of rotatable bonds is 10. The summed E-state index contributed by atoms with van der Waals surface area (Å²) in [6.07, 6.45) is 4.02. The predicted octanol–water partition coefficient (Wildman–Crippen LogP) is 2.40. The molecule has 180 valence electrons. The Hall–Kier alpha value is -3.65. The summed E-state index contributed by atoms with van der Waals surface area (Å²) < 4.78 is 5.30. The van der Waals surface area contributed by atoms with Crippen molar-refractivity contribution < 1.29 is 24.2 Å². The molecule has 0 spiro atoms. The number of carbonyl (C=O) groups excluding carboxylic acids is 2. The number of aryl methyl sites for hydroxylation is 1. The lowest BCUT2D eigenvalue weighted by molar-refractivity contribution is -0.131. The van der Waals surface area contributed by atoms with Gasteiger partial charge in [-0.1, -0.05) is 66.7 Å². The number of ether oxygens (including phenoxy) is 1. The largest absolute Gasteiger partial charge is 0.478 e. The zero-order valence-corrected chi connectivity index (χ0v) is 19.1. The van der Waals surface area contributed by atoms with Gasteiger partial charge in [-0.2, -0.15) is 0 Å². The fourth-order valence-corrected chi connectivity index (χ4v) is 3.73. The molecule has 1 heterocycles. The molecule has 0 aliphatic carbocycles. The highest BCUT2D eigenvalue weighted by Crippen LogP contribution is 2.09. The van der Waals surface area contributed by atoms with Gasteiger partial charge in [-0.25, -0.2) is 9.59 Å². The number of urea groups is 1. The van der Waals surface area contributed by atoms with E-state index in [2.05, 4.69) is 10.6 Å². The second-order valence-electron chi connectivity index (χ2n) is 8.13. The highest BCUT2D eigenvalue weighted by atomic mass is 16.5. The zero-order valence-electron chi connectivity index (χ0n) is 19.1. The van der Waals surface area contributed by atoms with E-state index in [0.29, 0.717) is 45.6 Å². The minimum Gasteiger partial charge on any atom is -0.478 e. The average molecular weight is 466 g/mol. The Balaban J connectivity index is 1.71. The molecule has 1 aliphatic heterocycles. The number of morpholine rings is 1. The highest BCUT2D eigenvalue weighted by molar-refractivity contribution is 5.88. The molecule has 0 aromatic heterocycles. The van der Waals surface area contributed by atoms with E-state index in [0.717, 1.165) is 17.2 Å². The molecule has 0 bridgehead atoms. The number of carbonyl (C=O) groups is 3. The lowest BCUT2D eigenvalue weighted by Gasteiger charge is -2.29. The van der Waals surface area contributed by atoms with Crippen molar-refractivity contribution in [3.8, 4) is 0 Å². The maximum atomic E-state index is 13.3. The third-order valence-corrected chi connectivity index (χ3v) is 5.58. The number of aliphatic carboxylic acids is 1. The van der Waals surface area contributed by atoms with Crippen molar-refractivity contribution in [2.45, 2.75) is 31.3 Å². The first-order valence-electron chi connectivity index (χ1n) is 11.4. The molecular weight excluding hydrogens is 434 g/mol. The van der Waals surface area contributed by atoms with Crippen LogP contribution in [0.25, 0.3) is 0 Å². The van der Waals surface area contributed by atoms with Crippen molar-refractivity contribution in [1.29, 1.82) is 0 Å². The summed E-state index contributed by atoms with van der Waals surface area (Å²) in [5.41, 5.74) is 2.00. The van der Waals surface area contributed by atoms with Gasteiger partial charge in [0.25, 0.3) is 0 Å². The van der Waals surface area contributed by atoms with Gasteiger partial charge < -0.3 is 25.4 Å². The van der Waals surface area contributed by atoms with Crippen LogP contribution in [-0.4, -0.2) is 66.3 Å². The van der Waals surface area contributed by atoms with Gasteiger partial charge in [0.05, 0.1) is 13.2 Å². The van der Waals surface area contributed by atoms with Crippen LogP contribution in [0.5, 0.6) is 0 Å². The molecule has 0 radical (unpaired) electrons. The topological polar surface area (TPSA) is 108 Å². The maximum absolute atomic E-state index is 13.3. The third-order valence-electron chi connectivity index (χ3n) is 5.58. The number of nitrogens with zero attached hydrogens (tertiary/aromatic N) is 1. The maximum Gasteiger partial charge on any atom is 0.328 e. The second kappa shape index (κ2) is 13.2. The molecule has 1 saturated heterocycles. The summed E-state index contributed by atoms with van der Waals surface area (Å²) in [5, 5.41) is 14.9. The first kappa shape index (κ1) is 25.0. The highest BCUT2D eigenvalue weighted by Gasteiger charge is 2.26. The normalized spacial score (nSPS) is 15.5. The Labute approximate surface area is 199 Å². The Morgan fingerprint density at radius 2 is 1.56 bits per heavy atom. The van der Waals surface area contributed by atoms with E-state index < -0.39 is 18.1 Å². The van der Waals surface area contributed by atoms with Gasteiger partial charge in [-0.05, 0) is 24.0 Å². The molecule has 0 saturated carbocycles. The minimum absolute atomic E-state index is 0.316. The Bertz CT molecular complexity index is 959. The summed E-state index contributed by atoms with van der Waals surface area (Å²) in [4.78, 5) is 38.8. The summed E-state index contributed by atoms with van der Waals surface area (Å²) in [6, 6.07) is 17.6. The molecule has 34 heavy (non-hydrogen) atoms. The van der Waals surface area contributed by atoms with Gasteiger partial charge in [-0.3, -0.25) is 4.79 Å². The van der Waals surface area contributed by atoms with Gasteiger partial charge in [0.2, 0.25) is 5.91 Å². The third kappa shape index (κ3) is 8.37. The summed E-state index contributed by atoms with van der Waals surface area (Å²) in [6.45, 7) is 1.86. The second-order valence-corrected chi connectivity index (χ2v) is 8.13. The molecule has 1 aliphatic rings. The van der Waals surface area contributed by atoms with E-state index in [-0.39, 0.29) is 11.9 Å². The number of benzene rings is 2. The first-order chi connectivity index (χ1) is 16.5. The molecule has 2 aromatic carbocycles. The molecule has 8 nitrogen and oxygen atoms in total. The van der Waals surface area contributed by atoms with Gasteiger partial charge in [0.15, 0.2) is 0 Å². The van der Waals surface area contributed by atoms with E-state index in [1.165, 1.54) is 6.08 Å². The van der Waals surface area contributed by atoms with Gasteiger partial charge in [0.1, 0.15) is 6.04 Å². The minimum atomic E-state index is -1.08. The number of hydrogen-bond acceptors (Lipinski definition) is 4. The van der Waals surface area contributed by atoms with E-state index in [9.17, 15) is 14.4 Å². The lowest BCUT2D eigenvalue weighted by Crippen LogP contribution is -2.55. The summed E-state index contributed by atoms with van der Waals surface area (Å²) in [7, 11) is 0. The van der Waals surface area contributed by atoms with E-state index in [1.54, 1.807) is 4.90 Å². The van der Waals surface area contributed by atoms with Crippen molar-refractivity contribution in [3.63, 3.8) is 0 Å². The van der Waals surface area contributed by atoms with Crippen LogP contribution in [0.4, 0.5) is 4.79 Å². The smallest absolute Gasteiger partial charge is 0.328 e. The Morgan fingerprint density at radius 3 is 2.18 bits per heavy atom. The molecular formula is C26H31N3O5. The van der Waals surface area contributed by atoms with Crippen LogP contribution >= 0.6 is 0 Å². The lowest BCUT2D eigenvalue weighted by atomic mass is 10.0. The number of amides is 3. The Morgan fingerprint density at radius 1 is 0.941 bits per heavy atom. The van der Waals surface area contributed by atoms with Crippen LogP contribution in [0.3, 0.4) is 0 Å². The Kier molecular flexibility index (Phi) is 9.66. The molecule has 3 amide bonds.